The number of halogens is 1. The molecule has 0 bridgehead atoms. The Balaban J connectivity index is 2.06. The summed E-state index contributed by atoms with van der Waals surface area (Å²) in [6, 6.07) is 6.67. The fourth-order valence-corrected chi connectivity index (χ4v) is 3.59. The van der Waals surface area contributed by atoms with E-state index < -0.39 is 0 Å². The fourth-order valence-electron chi connectivity index (χ4n) is 2.38. The molecular formula is C16H21BrN2OS. The van der Waals surface area contributed by atoms with Crippen molar-refractivity contribution in [3.63, 3.8) is 0 Å². The van der Waals surface area contributed by atoms with Gasteiger partial charge in [0.15, 0.2) is 0 Å². The predicted molar refractivity (Wildman–Crippen MR) is 92.4 cm³/mol. The number of nitrogens with one attached hydrogen (secondary N) is 1. The third kappa shape index (κ3) is 4.80. The molecule has 0 aliphatic rings. The van der Waals surface area contributed by atoms with E-state index in [1.165, 1.54) is 11.3 Å². The number of benzene rings is 1. The monoisotopic (exact) mass is 368 g/mol. The molecule has 2 aromatic rings. The van der Waals surface area contributed by atoms with Crippen LogP contribution in [-0.2, 0) is 12.8 Å². The quantitative estimate of drug-likeness (QED) is 0.802. The van der Waals surface area contributed by atoms with Crippen molar-refractivity contribution in [2.45, 2.75) is 32.7 Å². The number of hydrogen-bond acceptors (Lipinski definition) is 4. The summed E-state index contributed by atoms with van der Waals surface area (Å²) in [4.78, 5) is 4.57. The van der Waals surface area contributed by atoms with Crippen molar-refractivity contribution in [2.75, 3.05) is 13.7 Å². The highest BCUT2D eigenvalue weighted by atomic mass is 79.9. The maximum Gasteiger partial charge on any atom is 0.133 e. The van der Waals surface area contributed by atoms with E-state index in [-0.39, 0.29) is 0 Å². The largest absolute Gasteiger partial charge is 0.496 e. The van der Waals surface area contributed by atoms with Gasteiger partial charge in [0.2, 0.25) is 0 Å². The number of ether oxygens (including phenoxy) is 1. The topological polar surface area (TPSA) is 34.1 Å². The Kier molecular flexibility index (Phi) is 6.21. The Morgan fingerprint density at radius 2 is 2.19 bits per heavy atom. The van der Waals surface area contributed by atoms with Crippen LogP contribution in [0.5, 0.6) is 5.75 Å². The summed E-state index contributed by atoms with van der Waals surface area (Å²) >= 11 is 5.27. The minimum atomic E-state index is 0.400. The van der Waals surface area contributed by atoms with Gasteiger partial charge in [-0.15, -0.1) is 11.3 Å². The zero-order valence-electron chi connectivity index (χ0n) is 12.6. The zero-order chi connectivity index (χ0) is 15.2. The number of likely N-dealkylation sites (N-methyl/N-ethyl adjacent to an activating group) is 1. The van der Waals surface area contributed by atoms with E-state index in [1.807, 2.05) is 6.07 Å². The lowest BCUT2D eigenvalue weighted by Crippen LogP contribution is -2.33. The standard InChI is InChI=1S/C16H21BrN2OS/c1-4-18-13(9-14-10-21-11(2)19-14)7-12-5-6-16(20-3)15(17)8-12/h5-6,8,10,13,18H,4,7,9H2,1-3H3. The van der Waals surface area contributed by atoms with Gasteiger partial charge in [-0.25, -0.2) is 4.98 Å². The molecular weight excluding hydrogens is 348 g/mol. The van der Waals surface area contributed by atoms with Crippen LogP contribution in [-0.4, -0.2) is 24.7 Å². The maximum atomic E-state index is 5.28. The summed E-state index contributed by atoms with van der Waals surface area (Å²) in [5.74, 6) is 0.869. The van der Waals surface area contributed by atoms with Gasteiger partial charge in [0.25, 0.3) is 0 Å². The first-order valence-electron chi connectivity index (χ1n) is 7.09. The lowest BCUT2D eigenvalue weighted by Gasteiger charge is -2.17. The van der Waals surface area contributed by atoms with Gasteiger partial charge < -0.3 is 10.1 Å². The SMILES string of the molecule is CCNC(Cc1ccc(OC)c(Br)c1)Cc1csc(C)n1. The first-order chi connectivity index (χ1) is 10.1. The third-order valence-electron chi connectivity index (χ3n) is 3.31. The molecule has 5 heteroatoms. The number of thiazole rings is 1. The Morgan fingerprint density at radius 1 is 1.38 bits per heavy atom. The van der Waals surface area contributed by atoms with Crippen LogP contribution in [0.4, 0.5) is 0 Å². The minimum absolute atomic E-state index is 0.400. The third-order valence-corrected chi connectivity index (χ3v) is 4.76. The molecule has 1 heterocycles. The van der Waals surface area contributed by atoms with E-state index in [4.69, 9.17) is 4.74 Å². The Bertz CT molecular complexity index is 585. The average molecular weight is 369 g/mol. The minimum Gasteiger partial charge on any atom is -0.496 e. The summed E-state index contributed by atoms with van der Waals surface area (Å²) in [7, 11) is 1.69. The van der Waals surface area contributed by atoms with Gasteiger partial charge in [-0.05, 0) is 53.5 Å². The first-order valence-corrected chi connectivity index (χ1v) is 8.76. The molecule has 0 spiro atoms. The van der Waals surface area contributed by atoms with Crippen LogP contribution in [0.2, 0.25) is 0 Å². The first kappa shape index (κ1) is 16.5. The van der Waals surface area contributed by atoms with Crippen molar-refractivity contribution < 1.29 is 4.74 Å². The summed E-state index contributed by atoms with van der Waals surface area (Å²) in [5.41, 5.74) is 2.47. The number of aryl methyl sites for hydroxylation is 1. The molecule has 0 amide bonds. The molecule has 0 aliphatic heterocycles. The molecule has 1 N–H and O–H groups in total. The Morgan fingerprint density at radius 3 is 2.76 bits per heavy atom. The van der Waals surface area contributed by atoms with Crippen molar-refractivity contribution in [2.24, 2.45) is 0 Å². The molecule has 0 aliphatic carbocycles. The molecule has 0 saturated carbocycles. The van der Waals surface area contributed by atoms with Gasteiger partial charge in [-0.3, -0.25) is 0 Å². The highest BCUT2D eigenvalue weighted by molar-refractivity contribution is 9.10. The Hall–Kier alpha value is -0.910. The van der Waals surface area contributed by atoms with Gasteiger partial charge in [-0.2, -0.15) is 0 Å². The van der Waals surface area contributed by atoms with E-state index in [0.29, 0.717) is 6.04 Å². The zero-order valence-corrected chi connectivity index (χ0v) is 15.1. The summed E-state index contributed by atoms with van der Waals surface area (Å²) in [6.45, 7) is 5.16. The fraction of sp³-hybridized carbons (Fsp3) is 0.438. The van der Waals surface area contributed by atoms with Crippen molar-refractivity contribution in [3.8, 4) is 5.75 Å². The van der Waals surface area contributed by atoms with E-state index in [9.17, 15) is 0 Å². The van der Waals surface area contributed by atoms with Crippen LogP contribution in [0.3, 0.4) is 0 Å². The van der Waals surface area contributed by atoms with Crippen LogP contribution >= 0.6 is 27.3 Å². The van der Waals surface area contributed by atoms with Crippen LogP contribution in [0.15, 0.2) is 28.1 Å². The maximum absolute atomic E-state index is 5.28. The summed E-state index contributed by atoms with van der Waals surface area (Å²) in [6.07, 6.45) is 1.94. The van der Waals surface area contributed by atoms with Gasteiger partial charge >= 0.3 is 0 Å². The molecule has 1 aromatic heterocycles. The molecule has 1 atom stereocenters. The van der Waals surface area contributed by atoms with Crippen LogP contribution < -0.4 is 10.1 Å². The number of aromatic nitrogens is 1. The van der Waals surface area contributed by atoms with Crippen LogP contribution in [0.25, 0.3) is 0 Å². The number of rotatable bonds is 7. The number of nitrogens with zero attached hydrogens (tertiary/aromatic N) is 1. The van der Waals surface area contributed by atoms with Crippen LogP contribution in [0, 0.1) is 6.92 Å². The van der Waals surface area contributed by atoms with E-state index in [0.717, 1.165) is 34.6 Å². The molecule has 1 aromatic carbocycles. The molecule has 1 unspecified atom stereocenters. The van der Waals surface area contributed by atoms with E-state index in [1.54, 1.807) is 18.4 Å². The van der Waals surface area contributed by atoms with Crippen molar-refractivity contribution in [1.29, 1.82) is 0 Å². The smallest absolute Gasteiger partial charge is 0.133 e. The molecule has 3 nitrogen and oxygen atoms in total. The van der Waals surface area contributed by atoms with E-state index in [2.05, 4.69) is 57.6 Å². The number of methoxy groups -OCH3 is 1. The van der Waals surface area contributed by atoms with Gasteiger partial charge in [0, 0.05) is 17.8 Å². The van der Waals surface area contributed by atoms with Gasteiger partial charge in [0.05, 0.1) is 22.3 Å². The summed E-state index contributed by atoms with van der Waals surface area (Å²) in [5, 5.41) is 6.84. The van der Waals surface area contributed by atoms with Gasteiger partial charge in [0.1, 0.15) is 5.75 Å². The predicted octanol–water partition coefficient (Wildman–Crippen LogP) is 3.99. The average Bonchev–Trinajstić information content (AvgIpc) is 2.84. The van der Waals surface area contributed by atoms with E-state index >= 15 is 0 Å². The highest BCUT2D eigenvalue weighted by Gasteiger charge is 2.12. The molecule has 0 saturated heterocycles. The van der Waals surface area contributed by atoms with Crippen molar-refractivity contribution in [3.05, 3.63) is 44.3 Å². The molecule has 2 rings (SSSR count). The van der Waals surface area contributed by atoms with Crippen LogP contribution in [0.1, 0.15) is 23.2 Å². The van der Waals surface area contributed by atoms with Crippen molar-refractivity contribution in [1.82, 2.24) is 10.3 Å². The second kappa shape index (κ2) is 7.92. The lowest BCUT2D eigenvalue weighted by atomic mass is 10.0. The lowest BCUT2D eigenvalue weighted by molar-refractivity contribution is 0.411. The molecule has 0 fully saturated rings. The molecule has 114 valence electrons. The second-order valence-corrected chi connectivity index (χ2v) is 6.91. The summed E-state index contributed by atoms with van der Waals surface area (Å²) < 4.78 is 6.28. The molecule has 0 radical (unpaired) electrons. The Labute approximate surface area is 138 Å². The molecule has 21 heavy (non-hydrogen) atoms. The normalized spacial score (nSPS) is 12.4. The number of hydrogen-bond donors (Lipinski definition) is 1. The van der Waals surface area contributed by atoms with Gasteiger partial charge in [-0.1, -0.05) is 13.0 Å². The second-order valence-electron chi connectivity index (χ2n) is 4.99. The highest BCUT2D eigenvalue weighted by Crippen LogP contribution is 2.26. The van der Waals surface area contributed by atoms with Crippen molar-refractivity contribution >= 4 is 27.3 Å².